The third-order valence-electron chi connectivity index (χ3n) is 2.99. The number of H-pyrrole nitrogens is 1. The Hall–Kier alpha value is -1.89. The first-order valence-electron chi connectivity index (χ1n) is 5.14. The molecule has 0 aliphatic carbocycles. The molecule has 2 unspecified atom stereocenters. The summed E-state index contributed by atoms with van der Waals surface area (Å²) < 4.78 is 5.13. The van der Waals surface area contributed by atoms with E-state index in [2.05, 4.69) is 15.3 Å². The average molecular weight is 239 g/mol. The number of nitrogens with one attached hydrogen (secondary N) is 2. The number of aliphatic carboxylic acids is 1. The summed E-state index contributed by atoms with van der Waals surface area (Å²) in [6.07, 6.45) is 2.76. The highest BCUT2D eigenvalue weighted by atomic mass is 16.5. The van der Waals surface area contributed by atoms with Gasteiger partial charge in [0.1, 0.15) is 11.1 Å². The molecule has 0 bridgehead atoms. The highest BCUT2D eigenvalue weighted by molar-refractivity contribution is 5.92. The molecule has 1 aromatic rings. The fourth-order valence-electron chi connectivity index (χ4n) is 1.70. The van der Waals surface area contributed by atoms with Crippen molar-refractivity contribution in [1.82, 2.24) is 15.3 Å². The number of imidazole rings is 1. The van der Waals surface area contributed by atoms with Gasteiger partial charge in [0, 0.05) is 0 Å². The van der Waals surface area contributed by atoms with E-state index in [0.29, 0.717) is 5.69 Å². The fraction of sp³-hybridized carbons (Fsp3) is 0.500. The van der Waals surface area contributed by atoms with Crippen molar-refractivity contribution in [2.75, 3.05) is 13.2 Å². The van der Waals surface area contributed by atoms with Gasteiger partial charge >= 0.3 is 5.97 Å². The van der Waals surface area contributed by atoms with Gasteiger partial charge in [0.15, 0.2) is 0 Å². The molecule has 1 saturated heterocycles. The molecule has 1 amide bonds. The minimum atomic E-state index is -1.09. The largest absolute Gasteiger partial charge is 0.481 e. The molecule has 0 radical (unpaired) electrons. The van der Waals surface area contributed by atoms with Gasteiger partial charge in [0.05, 0.1) is 31.8 Å². The lowest BCUT2D eigenvalue weighted by Crippen LogP contribution is -2.49. The van der Waals surface area contributed by atoms with Crippen molar-refractivity contribution < 1.29 is 19.4 Å². The number of rotatable bonds is 3. The monoisotopic (exact) mass is 239 g/mol. The van der Waals surface area contributed by atoms with E-state index in [9.17, 15) is 9.59 Å². The van der Waals surface area contributed by atoms with Crippen LogP contribution < -0.4 is 5.32 Å². The van der Waals surface area contributed by atoms with Crippen LogP contribution in [0.4, 0.5) is 0 Å². The second kappa shape index (κ2) is 4.17. The first-order valence-corrected chi connectivity index (χ1v) is 5.14. The highest BCUT2D eigenvalue weighted by Gasteiger charge is 2.47. The van der Waals surface area contributed by atoms with E-state index in [-0.39, 0.29) is 19.1 Å². The molecule has 92 valence electrons. The first kappa shape index (κ1) is 11.6. The standard InChI is InChI=1S/C10H13N3O4/c1-10(9(15)16)4-17-3-7(10)13-8(14)6-2-11-5-12-6/h2,5,7H,3-4H2,1H3,(H,11,12)(H,13,14)(H,15,16). The number of amides is 1. The van der Waals surface area contributed by atoms with Crippen LogP contribution in [0.2, 0.25) is 0 Å². The lowest BCUT2D eigenvalue weighted by molar-refractivity contribution is -0.148. The van der Waals surface area contributed by atoms with E-state index < -0.39 is 17.4 Å². The number of nitrogens with zero attached hydrogens (tertiary/aromatic N) is 1. The van der Waals surface area contributed by atoms with Crippen LogP contribution in [0.25, 0.3) is 0 Å². The smallest absolute Gasteiger partial charge is 0.313 e. The topological polar surface area (TPSA) is 104 Å². The minimum absolute atomic E-state index is 0.0935. The minimum Gasteiger partial charge on any atom is -0.481 e. The Morgan fingerprint density at radius 2 is 2.47 bits per heavy atom. The van der Waals surface area contributed by atoms with Gasteiger partial charge in [-0.05, 0) is 6.92 Å². The van der Waals surface area contributed by atoms with Crippen molar-refractivity contribution in [2.24, 2.45) is 5.41 Å². The quantitative estimate of drug-likeness (QED) is 0.667. The number of carbonyl (C=O) groups is 2. The number of carboxylic acid groups (broad SMARTS) is 1. The number of ether oxygens (including phenoxy) is 1. The summed E-state index contributed by atoms with van der Waals surface area (Å²) in [7, 11) is 0. The third-order valence-corrected chi connectivity index (χ3v) is 2.99. The Morgan fingerprint density at radius 1 is 1.71 bits per heavy atom. The maximum Gasteiger partial charge on any atom is 0.313 e. The van der Waals surface area contributed by atoms with Crippen molar-refractivity contribution in [3.05, 3.63) is 18.2 Å². The number of aromatic nitrogens is 2. The Morgan fingerprint density at radius 3 is 3.06 bits per heavy atom. The Balaban J connectivity index is 2.09. The van der Waals surface area contributed by atoms with Crippen LogP contribution in [0.3, 0.4) is 0 Å². The lowest BCUT2D eigenvalue weighted by atomic mass is 9.85. The zero-order chi connectivity index (χ0) is 12.5. The molecule has 0 saturated carbocycles. The number of hydrogen-bond acceptors (Lipinski definition) is 4. The van der Waals surface area contributed by atoms with Crippen LogP contribution >= 0.6 is 0 Å². The molecule has 7 nitrogen and oxygen atoms in total. The number of aromatic amines is 1. The molecule has 1 aromatic heterocycles. The van der Waals surface area contributed by atoms with E-state index in [4.69, 9.17) is 9.84 Å². The van der Waals surface area contributed by atoms with Crippen molar-refractivity contribution in [1.29, 1.82) is 0 Å². The van der Waals surface area contributed by atoms with Crippen LogP contribution in [-0.2, 0) is 9.53 Å². The number of carbonyl (C=O) groups excluding carboxylic acids is 1. The fourth-order valence-corrected chi connectivity index (χ4v) is 1.70. The van der Waals surface area contributed by atoms with Crippen molar-refractivity contribution in [3.8, 4) is 0 Å². The predicted molar refractivity (Wildman–Crippen MR) is 56.4 cm³/mol. The van der Waals surface area contributed by atoms with E-state index in [1.54, 1.807) is 6.92 Å². The summed E-state index contributed by atoms with van der Waals surface area (Å²) in [4.78, 5) is 29.3. The van der Waals surface area contributed by atoms with Crippen molar-refractivity contribution in [3.63, 3.8) is 0 Å². The van der Waals surface area contributed by atoms with E-state index in [1.807, 2.05) is 0 Å². The molecular formula is C10H13N3O4. The van der Waals surface area contributed by atoms with Gasteiger partial charge in [-0.15, -0.1) is 0 Å². The van der Waals surface area contributed by atoms with Gasteiger partial charge in [-0.2, -0.15) is 0 Å². The average Bonchev–Trinajstić information content (AvgIpc) is 2.89. The second-order valence-electron chi connectivity index (χ2n) is 4.23. The second-order valence-corrected chi connectivity index (χ2v) is 4.23. The molecule has 1 fully saturated rings. The Bertz CT molecular complexity index is 431. The van der Waals surface area contributed by atoms with E-state index in [0.717, 1.165) is 0 Å². The SMILES string of the molecule is CC1(C(=O)O)COCC1NC(=O)c1cnc[nH]1. The summed E-state index contributed by atoms with van der Waals surface area (Å²) in [6.45, 7) is 1.85. The zero-order valence-electron chi connectivity index (χ0n) is 9.27. The molecule has 1 aliphatic heterocycles. The van der Waals surface area contributed by atoms with Gasteiger partial charge < -0.3 is 20.1 Å². The predicted octanol–water partition coefficient (Wildman–Crippen LogP) is -0.371. The summed E-state index contributed by atoms with van der Waals surface area (Å²) in [5.74, 6) is -1.37. The van der Waals surface area contributed by atoms with Crippen LogP contribution in [0.5, 0.6) is 0 Å². The van der Waals surface area contributed by atoms with Gasteiger partial charge in [0.25, 0.3) is 5.91 Å². The van der Waals surface area contributed by atoms with E-state index in [1.165, 1.54) is 12.5 Å². The highest BCUT2D eigenvalue weighted by Crippen LogP contribution is 2.28. The van der Waals surface area contributed by atoms with Crippen LogP contribution in [0.15, 0.2) is 12.5 Å². The molecule has 7 heteroatoms. The van der Waals surface area contributed by atoms with Crippen LogP contribution in [-0.4, -0.2) is 46.2 Å². The van der Waals surface area contributed by atoms with Gasteiger partial charge in [-0.1, -0.05) is 0 Å². The molecule has 2 rings (SSSR count). The molecular weight excluding hydrogens is 226 g/mol. The molecule has 3 N–H and O–H groups in total. The maximum absolute atomic E-state index is 11.7. The van der Waals surface area contributed by atoms with Gasteiger partial charge in [-0.25, -0.2) is 4.98 Å². The lowest BCUT2D eigenvalue weighted by Gasteiger charge is -2.25. The maximum atomic E-state index is 11.7. The third kappa shape index (κ3) is 2.01. The summed E-state index contributed by atoms with van der Waals surface area (Å²) in [5, 5.41) is 11.8. The molecule has 0 spiro atoms. The van der Waals surface area contributed by atoms with Crippen LogP contribution in [0, 0.1) is 5.41 Å². The number of hydrogen-bond donors (Lipinski definition) is 3. The number of carboxylic acids is 1. The normalized spacial score (nSPS) is 27.9. The van der Waals surface area contributed by atoms with Crippen molar-refractivity contribution in [2.45, 2.75) is 13.0 Å². The molecule has 2 heterocycles. The van der Waals surface area contributed by atoms with Gasteiger partial charge in [-0.3, -0.25) is 9.59 Å². The molecule has 17 heavy (non-hydrogen) atoms. The zero-order valence-corrected chi connectivity index (χ0v) is 9.27. The molecule has 2 atom stereocenters. The van der Waals surface area contributed by atoms with Crippen LogP contribution in [0.1, 0.15) is 17.4 Å². The van der Waals surface area contributed by atoms with Gasteiger partial charge in [0.2, 0.25) is 0 Å². The molecule has 1 aliphatic rings. The van der Waals surface area contributed by atoms with E-state index >= 15 is 0 Å². The molecule has 0 aromatic carbocycles. The summed E-state index contributed by atoms with van der Waals surface area (Å²) in [5.41, 5.74) is -0.792. The van der Waals surface area contributed by atoms with Crippen molar-refractivity contribution >= 4 is 11.9 Å². The first-order chi connectivity index (χ1) is 8.04. The Kier molecular flexibility index (Phi) is 2.84. The summed E-state index contributed by atoms with van der Waals surface area (Å²) >= 11 is 0. The Labute approximate surface area is 97.2 Å². The summed E-state index contributed by atoms with van der Waals surface area (Å²) in [6, 6.07) is -0.546.